The Bertz CT molecular complexity index is 466. The Kier molecular flexibility index (Phi) is 4.83. The molecule has 5 nitrogen and oxygen atoms in total. The highest BCUT2D eigenvalue weighted by Crippen LogP contribution is 2.24. The van der Waals surface area contributed by atoms with Crippen molar-refractivity contribution < 1.29 is 19.1 Å². The third-order valence-corrected chi connectivity index (χ3v) is 3.95. The van der Waals surface area contributed by atoms with E-state index in [1.54, 1.807) is 13.0 Å². The average Bonchev–Trinajstić information content (AvgIpc) is 2.79. The van der Waals surface area contributed by atoms with Crippen LogP contribution in [-0.4, -0.2) is 41.8 Å². The lowest BCUT2D eigenvalue weighted by atomic mass is 9.98. The van der Waals surface area contributed by atoms with Gasteiger partial charge in [0, 0.05) is 6.04 Å². The number of furan rings is 1. The van der Waals surface area contributed by atoms with Gasteiger partial charge in [0.1, 0.15) is 17.1 Å². The van der Waals surface area contributed by atoms with Gasteiger partial charge in [-0.3, -0.25) is 4.90 Å². The lowest BCUT2D eigenvalue weighted by Gasteiger charge is -2.36. The number of likely N-dealkylation sites (tertiary alicyclic amines) is 1. The molecule has 2 heterocycles. The lowest BCUT2D eigenvalue weighted by Crippen LogP contribution is -2.45. The van der Waals surface area contributed by atoms with E-state index in [0.717, 1.165) is 31.6 Å². The zero-order valence-corrected chi connectivity index (χ0v) is 12.4. The molecular weight excluding hydrogens is 258 g/mol. The summed E-state index contributed by atoms with van der Waals surface area (Å²) in [6.45, 7) is 5.16. The number of hydrogen-bond donors (Lipinski definition) is 1. The van der Waals surface area contributed by atoms with E-state index in [4.69, 9.17) is 9.15 Å². The number of aliphatic hydroxyl groups excluding tert-OH is 1. The maximum Gasteiger partial charge on any atom is 0.341 e. The van der Waals surface area contributed by atoms with Crippen LogP contribution in [0.15, 0.2) is 10.5 Å². The fourth-order valence-corrected chi connectivity index (χ4v) is 2.89. The molecule has 2 rings (SSSR count). The van der Waals surface area contributed by atoms with Crippen LogP contribution in [0.5, 0.6) is 0 Å². The molecule has 1 aliphatic rings. The molecule has 0 amide bonds. The van der Waals surface area contributed by atoms with Gasteiger partial charge in [0.2, 0.25) is 0 Å². The first-order valence-corrected chi connectivity index (χ1v) is 7.12. The van der Waals surface area contributed by atoms with Crippen molar-refractivity contribution in [2.75, 3.05) is 13.7 Å². The third-order valence-electron chi connectivity index (χ3n) is 3.95. The van der Waals surface area contributed by atoms with Gasteiger partial charge < -0.3 is 14.3 Å². The number of hydrogen-bond acceptors (Lipinski definition) is 5. The van der Waals surface area contributed by atoms with Crippen molar-refractivity contribution in [2.24, 2.45) is 0 Å². The van der Waals surface area contributed by atoms with E-state index in [1.165, 1.54) is 7.11 Å². The van der Waals surface area contributed by atoms with Gasteiger partial charge in [-0.1, -0.05) is 6.42 Å². The molecule has 0 saturated carbocycles. The second-order valence-corrected chi connectivity index (χ2v) is 5.45. The first-order chi connectivity index (χ1) is 9.52. The molecule has 0 aliphatic carbocycles. The van der Waals surface area contributed by atoms with Gasteiger partial charge in [-0.2, -0.15) is 0 Å². The van der Waals surface area contributed by atoms with Crippen LogP contribution in [0.2, 0.25) is 0 Å². The number of methoxy groups -OCH3 is 1. The number of ether oxygens (including phenoxy) is 1. The van der Waals surface area contributed by atoms with Gasteiger partial charge in [0.15, 0.2) is 0 Å². The van der Waals surface area contributed by atoms with E-state index >= 15 is 0 Å². The zero-order valence-electron chi connectivity index (χ0n) is 12.4. The van der Waals surface area contributed by atoms with Crippen molar-refractivity contribution >= 4 is 5.97 Å². The molecule has 1 fully saturated rings. The summed E-state index contributed by atoms with van der Waals surface area (Å²) in [5, 5.41) is 9.87. The Morgan fingerprint density at radius 1 is 1.60 bits per heavy atom. The molecule has 2 unspecified atom stereocenters. The highest BCUT2D eigenvalue weighted by Gasteiger charge is 2.27. The topological polar surface area (TPSA) is 62.9 Å². The molecule has 2 atom stereocenters. The first kappa shape index (κ1) is 15.1. The molecule has 1 aromatic heterocycles. The summed E-state index contributed by atoms with van der Waals surface area (Å²) in [6, 6.07) is 1.91. The number of carbonyl (C=O) groups excluding carboxylic acids is 1. The molecule has 1 aliphatic heterocycles. The van der Waals surface area contributed by atoms with Crippen LogP contribution in [0.3, 0.4) is 0 Å². The van der Waals surface area contributed by atoms with Crippen LogP contribution in [-0.2, 0) is 11.3 Å². The number of aliphatic hydroxyl groups is 1. The minimum atomic E-state index is -0.372. The van der Waals surface area contributed by atoms with Crippen molar-refractivity contribution in [1.82, 2.24) is 4.90 Å². The minimum absolute atomic E-state index is 0.163. The molecule has 5 heteroatoms. The normalized spacial score (nSPS) is 21.7. The van der Waals surface area contributed by atoms with Crippen LogP contribution in [0.25, 0.3) is 0 Å². The van der Waals surface area contributed by atoms with E-state index in [2.05, 4.69) is 4.90 Å². The Morgan fingerprint density at radius 2 is 2.35 bits per heavy atom. The van der Waals surface area contributed by atoms with E-state index in [1.807, 2.05) is 6.92 Å². The van der Waals surface area contributed by atoms with Gasteiger partial charge >= 0.3 is 5.97 Å². The Morgan fingerprint density at radius 3 is 3.00 bits per heavy atom. The molecule has 1 aromatic rings. The van der Waals surface area contributed by atoms with Crippen LogP contribution in [0.1, 0.15) is 48.1 Å². The SMILES string of the molecule is COC(=O)c1cc(CN2CCCCC2C(C)O)oc1C. The van der Waals surface area contributed by atoms with Crippen molar-refractivity contribution in [1.29, 1.82) is 0 Å². The molecule has 0 spiro atoms. The van der Waals surface area contributed by atoms with Gasteiger partial charge in [-0.25, -0.2) is 4.79 Å². The summed E-state index contributed by atoms with van der Waals surface area (Å²) < 4.78 is 10.4. The number of nitrogens with zero attached hydrogens (tertiary/aromatic N) is 1. The smallest absolute Gasteiger partial charge is 0.341 e. The highest BCUT2D eigenvalue weighted by molar-refractivity contribution is 5.90. The summed E-state index contributed by atoms with van der Waals surface area (Å²) in [4.78, 5) is 13.8. The Balaban J connectivity index is 2.10. The molecular formula is C15H23NO4. The third kappa shape index (κ3) is 3.22. The summed E-state index contributed by atoms with van der Waals surface area (Å²) in [6.07, 6.45) is 2.93. The van der Waals surface area contributed by atoms with Crippen LogP contribution in [0.4, 0.5) is 0 Å². The standard InChI is InChI=1S/C15H23NO4/c1-10(17)14-6-4-5-7-16(14)9-12-8-13(11(2)20-12)15(18)19-3/h8,10,14,17H,4-7,9H2,1-3H3. The molecule has 1 N–H and O–H groups in total. The Hall–Kier alpha value is -1.33. The maximum absolute atomic E-state index is 11.6. The molecule has 0 radical (unpaired) electrons. The monoisotopic (exact) mass is 281 g/mol. The van der Waals surface area contributed by atoms with Gasteiger partial charge in [-0.15, -0.1) is 0 Å². The van der Waals surface area contributed by atoms with E-state index in [0.29, 0.717) is 17.9 Å². The molecule has 0 bridgehead atoms. The van der Waals surface area contributed by atoms with Crippen molar-refractivity contribution in [3.63, 3.8) is 0 Å². The largest absolute Gasteiger partial charge is 0.465 e. The van der Waals surface area contributed by atoms with Crippen molar-refractivity contribution in [3.8, 4) is 0 Å². The fraction of sp³-hybridized carbons (Fsp3) is 0.667. The molecule has 1 saturated heterocycles. The lowest BCUT2D eigenvalue weighted by molar-refractivity contribution is 0.0279. The second kappa shape index (κ2) is 6.41. The van der Waals surface area contributed by atoms with E-state index in [9.17, 15) is 9.90 Å². The zero-order chi connectivity index (χ0) is 14.7. The summed E-state index contributed by atoms with van der Waals surface area (Å²) in [5.41, 5.74) is 0.480. The Labute approximate surface area is 119 Å². The minimum Gasteiger partial charge on any atom is -0.465 e. The van der Waals surface area contributed by atoms with E-state index in [-0.39, 0.29) is 18.1 Å². The van der Waals surface area contributed by atoms with Crippen LogP contribution >= 0.6 is 0 Å². The maximum atomic E-state index is 11.6. The molecule has 0 aromatic carbocycles. The number of carbonyl (C=O) groups is 1. The predicted octanol–water partition coefficient (Wildman–Crippen LogP) is 2.11. The predicted molar refractivity (Wildman–Crippen MR) is 74.5 cm³/mol. The number of rotatable bonds is 4. The van der Waals surface area contributed by atoms with Gasteiger partial charge in [0.05, 0.1) is 19.8 Å². The van der Waals surface area contributed by atoms with Crippen LogP contribution in [0, 0.1) is 6.92 Å². The highest BCUT2D eigenvalue weighted by atomic mass is 16.5. The number of piperidine rings is 1. The number of aryl methyl sites for hydroxylation is 1. The van der Waals surface area contributed by atoms with E-state index < -0.39 is 0 Å². The van der Waals surface area contributed by atoms with Gasteiger partial charge in [-0.05, 0) is 39.3 Å². The van der Waals surface area contributed by atoms with Crippen molar-refractivity contribution in [3.05, 3.63) is 23.2 Å². The van der Waals surface area contributed by atoms with Crippen LogP contribution < -0.4 is 0 Å². The first-order valence-electron chi connectivity index (χ1n) is 7.12. The summed E-state index contributed by atoms with van der Waals surface area (Å²) >= 11 is 0. The summed E-state index contributed by atoms with van der Waals surface area (Å²) in [7, 11) is 1.36. The fourth-order valence-electron chi connectivity index (χ4n) is 2.89. The van der Waals surface area contributed by atoms with Gasteiger partial charge in [0.25, 0.3) is 0 Å². The number of esters is 1. The second-order valence-electron chi connectivity index (χ2n) is 5.45. The average molecular weight is 281 g/mol. The molecule has 20 heavy (non-hydrogen) atoms. The summed E-state index contributed by atoms with van der Waals surface area (Å²) in [5.74, 6) is 0.955. The van der Waals surface area contributed by atoms with Crippen molar-refractivity contribution in [2.45, 2.75) is 51.8 Å². The molecule has 112 valence electrons. The quantitative estimate of drug-likeness (QED) is 0.856.